The van der Waals surface area contributed by atoms with Gasteiger partial charge in [-0.3, -0.25) is 4.79 Å². The van der Waals surface area contributed by atoms with Crippen molar-refractivity contribution in [3.05, 3.63) is 60.8 Å². The van der Waals surface area contributed by atoms with E-state index in [0.29, 0.717) is 13.0 Å². The smallest absolute Gasteiger partial charge is 0.305 e. The second-order valence-corrected chi connectivity index (χ2v) is 6.62. The van der Waals surface area contributed by atoms with Crippen molar-refractivity contribution in [2.24, 2.45) is 0 Å². The van der Waals surface area contributed by atoms with Gasteiger partial charge in [-0.1, -0.05) is 67.7 Å². The molecule has 0 saturated heterocycles. The average molecular weight is 374 g/mol. The second-order valence-electron chi connectivity index (χ2n) is 6.62. The molecule has 0 fully saturated rings. The van der Waals surface area contributed by atoms with Crippen LogP contribution in [0.2, 0.25) is 0 Å². The van der Waals surface area contributed by atoms with Crippen molar-refractivity contribution in [3.8, 4) is 0 Å². The zero-order valence-corrected chi connectivity index (χ0v) is 17.6. The highest BCUT2D eigenvalue weighted by atomic mass is 16.5. The molecule has 0 aromatic rings. The molecule has 0 spiro atoms. The van der Waals surface area contributed by atoms with Gasteiger partial charge in [-0.2, -0.15) is 0 Å². The SMILES string of the molecule is CC/C=C\C/C=C\C/C=C\C/C=C\C/C=C\CCCC(=O)OCCN(C)C. The lowest BCUT2D eigenvalue weighted by molar-refractivity contribution is -0.144. The number of nitrogens with zero attached hydrogens (tertiary/aromatic N) is 1. The first-order valence-corrected chi connectivity index (χ1v) is 10.2. The van der Waals surface area contributed by atoms with Gasteiger partial charge in [0.15, 0.2) is 0 Å². The van der Waals surface area contributed by atoms with Crippen LogP contribution < -0.4 is 0 Å². The van der Waals surface area contributed by atoms with E-state index >= 15 is 0 Å². The van der Waals surface area contributed by atoms with Crippen LogP contribution in [-0.2, 0) is 9.53 Å². The number of rotatable bonds is 16. The fourth-order valence-electron chi connectivity index (χ4n) is 2.15. The summed E-state index contributed by atoms with van der Waals surface area (Å²) in [6.07, 6.45) is 29.3. The van der Waals surface area contributed by atoms with Gasteiger partial charge in [0.1, 0.15) is 6.61 Å². The van der Waals surface area contributed by atoms with Gasteiger partial charge in [0.25, 0.3) is 0 Å². The Morgan fingerprint density at radius 1 is 0.778 bits per heavy atom. The minimum Gasteiger partial charge on any atom is -0.464 e. The minimum atomic E-state index is -0.0933. The Morgan fingerprint density at radius 3 is 1.74 bits per heavy atom. The van der Waals surface area contributed by atoms with E-state index in [-0.39, 0.29) is 5.97 Å². The maximum atomic E-state index is 11.5. The van der Waals surface area contributed by atoms with E-state index < -0.39 is 0 Å². The zero-order chi connectivity index (χ0) is 20.0. The highest BCUT2D eigenvalue weighted by Crippen LogP contribution is 2.01. The molecule has 0 N–H and O–H groups in total. The van der Waals surface area contributed by atoms with Gasteiger partial charge in [-0.25, -0.2) is 0 Å². The van der Waals surface area contributed by atoms with Crippen LogP contribution in [0.25, 0.3) is 0 Å². The lowest BCUT2D eigenvalue weighted by Gasteiger charge is -2.09. The molecule has 152 valence electrons. The van der Waals surface area contributed by atoms with E-state index in [1.165, 1.54) is 0 Å². The van der Waals surface area contributed by atoms with Crippen LogP contribution in [0.3, 0.4) is 0 Å². The van der Waals surface area contributed by atoms with E-state index in [0.717, 1.165) is 51.5 Å². The lowest BCUT2D eigenvalue weighted by atomic mass is 10.2. The molecule has 0 aromatic carbocycles. The van der Waals surface area contributed by atoms with Gasteiger partial charge >= 0.3 is 5.97 Å². The first-order valence-electron chi connectivity index (χ1n) is 10.2. The summed E-state index contributed by atoms with van der Waals surface area (Å²) in [5, 5.41) is 0. The summed E-state index contributed by atoms with van der Waals surface area (Å²) in [4.78, 5) is 13.5. The number of carbonyl (C=O) groups is 1. The molecular weight excluding hydrogens is 334 g/mol. The molecule has 3 heteroatoms. The molecular formula is C24H39NO2. The number of likely N-dealkylation sites (N-methyl/N-ethyl adjacent to an activating group) is 1. The van der Waals surface area contributed by atoms with E-state index in [1.54, 1.807) is 0 Å². The summed E-state index contributed by atoms with van der Waals surface area (Å²) < 4.78 is 5.15. The van der Waals surface area contributed by atoms with Crippen LogP contribution in [0.15, 0.2) is 60.8 Å². The van der Waals surface area contributed by atoms with Gasteiger partial charge in [0.05, 0.1) is 0 Å². The van der Waals surface area contributed by atoms with Gasteiger partial charge in [-0.15, -0.1) is 0 Å². The molecule has 0 radical (unpaired) electrons. The fourth-order valence-corrected chi connectivity index (χ4v) is 2.15. The summed E-state index contributed by atoms with van der Waals surface area (Å²) in [5.41, 5.74) is 0. The highest BCUT2D eigenvalue weighted by molar-refractivity contribution is 5.69. The first kappa shape index (κ1) is 25.1. The maximum absolute atomic E-state index is 11.5. The van der Waals surface area contributed by atoms with Gasteiger partial charge in [0.2, 0.25) is 0 Å². The molecule has 0 atom stereocenters. The van der Waals surface area contributed by atoms with Crippen molar-refractivity contribution < 1.29 is 9.53 Å². The number of allylic oxidation sites excluding steroid dienone is 10. The zero-order valence-electron chi connectivity index (χ0n) is 17.6. The van der Waals surface area contributed by atoms with Gasteiger partial charge < -0.3 is 9.64 Å². The molecule has 0 rings (SSSR count). The van der Waals surface area contributed by atoms with Crippen LogP contribution in [0.5, 0.6) is 0 Å². The van der Waals surface area contributed by atoms with Crippen molar-refractivity contribution in [2.45, 2.75) is 58.3 Å². The fraction of sp³-hybridized carbons (Fsp3) is 0.542. The molecule has 3 nitrogen and oxygen atoms in total. The summed E-state index contributed by atoms with van der Waals surface area (Å²) >= 11 is 0. The van der Waals surface area contributed by atoms with Crippen LogP contribution >= 0.6 is 0 Å². The number of hydrogen-bond donors (Lipinski definition) is 0. The van der Waals surface area contributed by atoms with E-state index in [2.05, 4.69) is 67.7 Å². The third-order valence-corrected chi connectivity index (χ3v) is 3.71. The first-order chi connectivity index (χ1) is 13.2. The average Bonchev–Trinajstić information content (AvgIpc) is 2.64. The van der Waals surface area contributed by atoms with Crippen molar-refractivity contribution >= 4 is 5.97 Å². The molecule has 0 bridgehead atoms. The maximum Gasteiger partial charge on any atom is 0.305 e. The molecule has 0 aliphatic rings. The Hall–Kier alpha value is -1.87. The minimum absolute atomic E-state index is 0.0933. The summed E-state index contributed by atoms with van der Waals surface area (Å²) in [7, 11) is 3.93. The third-order valence-electron chi connectivity index (χ3n) is 3.71. The van der Waals surface area contributed by atoms with Crippen LogP contribution in [0, 0.1) is 0 Å². The van der Waals surface area contributed by atoms with Crippen LogP contribution in [0.4, 0.5) is 0 Å². The largest absolute Gasteiger partial charge is 0.464 e. The number of carbonyl (C=O) groups excluding carboxylic acids is 1. The second kappa shape index (κ2) is 20.4. The molecule has 0 saturated carbocycles. The Kier molecular flexibility index (Phi) is 19.0. The summed E-state index contributed by atoms with van der Waals surface area (Å²) in [5.74, 6) is -0.0933. The number of unbranched alkanes of at least 4 members (excludes halogenated alkanes) is 1. The lowest BCUT2D eigenvalue weighted by Crippen LogP contribution is -2.20. The van der Waals surface area contributed by atoms with Gasteiger partial charge in [0, 0.05) is 13.0 Å². The van der Waals surface area contributed by atoms with Crippen molar-refractivity contribution in [3.63, 3.8) is 0 Å². The summed E-state index contributed by atoms with van der Waals surface area (Å²) in [6.45, 7) is 3.41. The van der Waals surface area contributed by atoms with Crippen molar-refractivity contribution in [1.82, 2.24) is 4.90 Å². The molecule has 27 heavy (non-hydrogen) atoms. The highest BCUT2D eigenvalue weighted by Gasteiger charge is 2.01. The predicted molar refractivity (Wildman–Crippen MR) is 118 cm³/mol. The van der Waals surface area contributed by atoms with E-state index in [1.807, 2.05) is 19.0 Å². The normalized spacial score (nSPS) is 12.7. The van der Waals surface area contributed by atoms with Crippen LogP contribution in [0.1, 0.15) is 58.3 Å². The predicted octanol–water partition coefficient (Wildman–Crippen LogP) is 6.01. The Bertz CT molecular complexity index is 485. The third kappa shape index (κ3) is 22.1. The van der Waals surface area contributed by atoms with E-state index in [4.69, 9.17) is 4.74 Å². The Morgan fingerprint density at radius 2 is 1.26 bits per heavy atom. The number of hydrogen-bond acceptors (Lipinski definition) is 3. The van der Waals surface area contributed by atoms with Crippen molar-refractivity contribution in [1.29, 1.82) is 0 Å². The quantitative estimate of drug-likeness (QED) is 0.188. The summed E-state index contributed by atoms with van der Waals surface area (Å²) in [6, 6.07) is 0. The number of esters is 1. The molecule has 0 aliphatic carbocycles. The van der Waals surface area contributed by atoms with Gasteiger partial charge in [-0.05, 0) is 59.0 Å². The Labute approximate surface area is 167 Å². The molecule has 0 aliphatic heterocycles. The molecule has 0 heterocycles. The topological polar surface area (TPSA) is 29.5 Å². The molecule has 0 aromatic heterocycles. The Balaban J connectivity index is 3.51. The van der Waals surface area contributed by atoms with E-state index in [9.17, 15) is 4.79 Å². The molecule has 0 unspecified atom stereocenters. The standard InChI is InChI=1S/C24H39NO2/c1-4-5-6-7-8-9-10-11-12-13-14-15-16-17-18-19-20-21-24(26)27-23-22-25(2)3/h5-6,8-9,11-12,14-15,17-18H,4,7,10,13,16,19-23H2,1-3H3/b6-5-,9-8-,12-11-,15-14-,18-17-. The molecule has 0 amide bonds. The monoisotopic (exact) mass is 373 g/mol. The van der Waals surface area contributed by atoms with Crippen molar-refractivity contribution in [2.75, 3.05) is 27.2 Å². The van der Waals surface area contributed by atoms with Crippen LogP contribution in [-0.4, -0.2) is 38.1 Å². The number of ether oxygens (including phenoxy) is 1.